The van der Waals surface area contributed by atoms with Crippen molar-refractivity contribution >= 4 is 11.8 Å². The van der Waals surface area contributed by atoms with Crippen LogP contribution in [0.25, 0.3) is 0 Å². The summed E-state index contributed by atoms with van der Waals surface area (Å²) < 4.78 is 38.2. The van der Waals surface area contributed by atoms with E-state index in [1.807, 2.05) is 20.8 Å². The van der Waals surface area contributed by atoms with E-state index in [-0.39, 0.29) is 18.4 Å². The number of benzene rings is 2. The molecule has 7 heteroatoms. The molecule has 0 spiro atoms. The topological polar surface area (TPSA) is 49.4 Å². The minimum absolute atomic E-state index is 0.223. The van der Waals surface area contributed by atoms with Crippen LogP contribution in [0.4, 0.5) is 13.2 Å². The summed E-state index contributed by atoms with van der Waals surface area (Å²) in [5.41, 5.74) is 0.613. The zero-order valence-electron chi connectivity index (χ0n) is 16.5. The third-order valence-electron chi connectivity index (χ3n) is 4.73. The molecular formula is C22H23F3N2O2. The van der Waals surface area contributed by atoms with E-state index in [0.717, 1.165) is 12.1 Å². The number of alkyl halides is 3. The second-order valence-corrected chi connectivity index (χ2v) is 8.17. The highest BCUT2D eigenvalue weighted by molar-refractivity contribution is 6.04. The SMILES string of the molecule is CC(C)(C)NC(=O)C1c2ccccc2C(=O)N1CCc1ccc(C(F)(F)F)cc1. The van der Waals surface area contributed by atoms with E-state index < -0.39 is 23.3 Å². The molecule has 0 aromatic heterocycles. The molecule has 1 N–H and O–H groups in total. The van der Waals surface area contributed by atoms with Gasteiger partial charge in [0.2, 0.25) is 5.91 Å². The number of hydrogen-bond acceptors (Lipinski definition) is 2. The van der Waals surface area contributed by atoms with E-state index in [2.05, 4.69) is 5.32 Å². The maximum atomic E-state index is 12.9. The summed E-state index contributed by atoms with van der Waals surface area (Å²) >= 11 is 0. The Morgan fingerprint density at radius 1 is 1.03 bits per heavy atom. The van der Waals surface area contributed by atoms with Crippen molar-refractivity contribution in [3.63, 3.8) is 0 Å². The van der Waals surface area contributed by atoms with Crippen LogP contribution in [0, 0.1) is 0 Å². The number of nitrogens with zero attached hydrogens (tertiary/aromatic N) is 1. The number of amides is 2. The minimum atomic E-state index is -4.39. The highest BCUT2D eigenvalue weighted by atomic mass is 19.4. The molecule has 0 aliphatic carbocycles. The van der Waals surface area contributed by atoms with Crippen LogP contribution in [0.2, 0.25) is 0 Å². The van der Waals surface area contributed by atoms with Crippen molar-refractivity contribution in [2.75, 3.05) is 6.54 Å². The molecule has 3 rings (SSSR count). The largest absolute Gasteiger partial charge is 0.416 e. The molecule has 29 heavy (non-hydrogen) atoms. The zero-order valence-corrected chi connectivity index (χ0v) is 16.5. The first-order valence-corrected chi connectivity index (χ1v) is 9.35. The Balaban J connectivity index is 1.81. The van der Waals surface area contributed by atoms with Crippen LogP contribution in [0.5, 0.6) is 0 Å². The second-order valence-electron chi connectivity index (χ2n) is 8.17. The molecule has 1 heterocycles. The molecule has 154 valence electrons. The van der Waals surface area contributed by atoms with Gasteiger partial charge in [0.15, 0.2) is 0 Å². The van der Waals surface area contributed by atoms with Gasteiger partial charge in [-0.05, 0) is 56.5 Å². The van der Waals surface area contributed by atoms with Gasteiger partial charge in [0.25, 0.3) is 5.91 Å². The van der Waals surface area contributed by atoms with Gasteiger partial charge in [-0.25, -0.2) is 0 Å². The lowest BCUT2D eigenvalue weighted by Gasteiger charge is -2.29. The smallest absolute Gasteiger partial charge is 0.349 e. The Morgan fingerprint density at radius 3 is 2.24 bits per heavy atom. The maximum absolute atomic E-state index is 12.9. The van der Waals surface area contributed by atoms with Crippen LogP contribution in [0.1, 0.15) is 53.9 Å². The summed E-state index contributed by atoms with van der Waals surface area (Å²) in [5.74, 6) is -0.523. The van der Waals surface area contributed by atoms with Gasteiger partial charge in [0, 0.05) is 17.6 Å². The van der Waals surface area contributed by atoms with Crippen molar-refractivity contribution < 1.29 is 22.8 Å². The van der Waals surface area contributed by atoms with Crippen molar-refractivity contribution in [2.24, 2.45) is 0 Å². The number of halogens is 3. The van der Waals surface area contributed by atoms with Gasteiger partial charge in [-0.3, -0.25) is 9.59 Å². The van der Waals surface area contributed by atoms with Crippen molar-refractivity contribution in [1.29, 1.82) is 0 Å². The van der Waals surface area contributed by atoms with Gasteiger partial charge in [-0.15, -0.1) is 0 Å². The molecular weight excluding hydrogens is 381 g/mol. The molecule has 1 unspecified atom stereocenters. The monoisotopic (exact) mass is 404 g/mol. The summed E-state index contributed by atoms with van der Waals surface area (Å²) in [5, 5.41) is 2.92. The first-order valence-electron chi connectivity index (χ1n) is 9.35. The number of fused-ring (bicyclic) bond motifs is 1. The number of carbonyl (C=O) groups is 2. The number of rotatable bonds is 4. The summed E-state index contributed by atoms with van der Waals surface area (Å²) in [4.78, 5) is 27.3. The van der Waals surface area contributed by atoms with Crippen molar-refractivity contribution in [3.05, 3.63) is 70.8 Å². The molecule has 0 radical (unpaired) electrons. The van der Waals surface area contributed by atoms with Gasteiger partial charge in [0.05, 0.1) is 5.56 Å². The highest BCUT2D eigenvalue weighted by Gasteiger charge is 2.41. The third kappa shape index (κ3) is 4.60. The predicted octanol–water partition coefficient (Wildman–Crippen LogP) is 4.36. The van der Waals surface area contributed by atoms with Crippen LogP contribution in [0.15, 0.2) is 48.5 Å². The van der Waals surface area contributed by atoms with Gasteiger partial charge >= 0.3 is 6.18 Å². The molecule has 0 fully saturated rings. The average molecular weight is 404 g/mol. The van der Waals surface area contributed by atoms with E-state index in [1.165, 1.54) is 17.0 Å². The van der Waals surface area contributed by atoms with Crippen LogP contribution >= 0.6 is 0 Å². The number of carbonyl (C=O) groups excluding carboxylic acids is 2. The minimum Gasteiger partial charge on any atom is -0.349 e. The Hall–Kier alpha value is -2.83. The number of hydrogen-bond donors (Lipinski definition) is 1. The molecule has 1 aliphatic heterocycles. The molecule has 2 amide bonds. The fourth-order valence-electron chi connectivity index (χ4n) is 3.43. The average Bonchev–Trinajstić information content (AvgIpc) is 2.91. The summed E-state index contributed by atoms with van der Waals surface area (Å²) in [6.07, 6.45) is -4.04. The lowest BCUT2D eigenvalue weighted by Crippen LogP contribution is -2.47. The van der Waals surface area contributed by atoms with E-state index in [0.29, 0.717) is 23.1 Å². The Morgan fingerprint density at radius 2 is 1.66 bits per heavy atom. The van der Waals surface area contributed by atoms with Crippen LogP contribution in [0.3, 0.4) is 0 Å². The summed E-state index contributed by atoms with van der Waals surface area (Å²) in [6.45, 7) is 5.81. The lowest BCUT2D eigenvalue weighted by atomic mass is 10.0. The predicted molar refractivity (Wildman–Crippen MR) is 103 cm³/mol. The quantitative estimate of drug-likeness (QED) is 0.823. The van der Waals surface area contributed by atoms with Crippen molar-refractivity contribution in [3.8, 4) is 0 Å². The first kappa shape index (κ1) is 20.9. The third-order valence-corrected chi connectivity index (χ3v) is 4.73. The zero-order chi connectivity index (χ0) is 21.4. The van der Waals surface area contributed by atoms with Crippen LogP contribution in [-0.4, -0.2) is 28.8 Å². The summed E-state index contributed by atoms with van der Waals surface area (Å²) in [7, 11) is 0. The van der Waals surface area contributed by atoms with Gasteiger partial charge in [-0.2, -0.15) is 13.2 Å². The highest BCUT2D eigenvalue weighted by Crippen LogP contribution is 2.34. The van der Waals surface area contributed by atoms with Crippen molar-refractivity contribution in [2.45, 2.75) is 44.9 Å². The molecule has 1 aliphatic rings. The molecule has 0 saturated heterocycles. The van der Waals surface area contributed by atoms with Gasteiger partial charge in [0.1, 0.15) is 6.04 Å². The van der Waals surface area contributed by atoms with Gasteiger partial charge in [-0.1, -0.05) is 30.3 Å². The Labute approximate surface area is 167 Å². The standard InChI is InChI=1S/C22H23F3N2O2/c1-21(2,3)26-19(28)18-16-6-4-5-7-17(16)20(29)27(18)13-12-14-8-10-15(11-9-14)22(23,24)25/h4-11,18H,12-13H2,1-3H3,(H,26,28). The number of nitrogens with one attached hydrogen (secondary N) is 1. The maximum Gasteiger partial charge on any atom is 0.416 e. The van der Waals surface area contributed by atoms with E-state index in [4.69, 9.17) is 0 Å². The second kappa shape index (κ2) is 7.54. The first-order chi connectivity index (χ1) is 13.5. The molecule has 1 atom stereocenters. The van der Waals surface area contributed by atoms with E-state index in [9.17, 15) is 22.8 Å². The lowest BCUT2D eigenvalue weighted by molar-refractivity contribution is -0.137. The molecule has 2 aromatic rings. The van der Waals surface area contributed by atoms with E-state index in [1.54, 1.807) is 24.3 Å². The normalized spacial score (nSPS) is 16.7. The van der Waals surface area contributed by atoms with Crippen LogP contribution < -0.4 is 5.32 Å². The Kier molecular flexibility index (Phi) is 5.43. The molecule has 0 bridgehead atoms. The molecule has 2 aromatic carbocycles. The Bertz CT molecular complexity index is 915. The van der Waals surface area contributed by atoms with Gasteiger partial charge < -0.3 is 10.2 Å². The fraction of sp³-hybridized carbons (Fsp3) is 0.364. The van der Waals surface area contributed by atoms with Crippen LogP contribution in [-0.2, 0) is 17.4 Å². The molecule has 0 saturated carbocycles. The van der Waals surface area contributed by atoms with E-state index >= 15 is 0 Å². The summed E-state index contributed by atoms with van der Waals surface area (Å²) in [6, 6.07) is 11.1. The molecule has 4 nitrogen and oxygen atoms in total. The van der Waals surface area contributed by atoms with Crippen molar-refractivity contribution in [1.82, 2.24) is 10.2 Å². The fourth-order valence-corrected chi connectivity index (χ4v) is 3.43.